The van der Waals surface area contributed by atoms with Crippen LogP contribution in [0.5, 0.6) is 0 Å². The average Bonchev–Trinajstić information content (AvgIpc) is 2.94. The summed E-state index contributed by atoms with van der Waals surface area (Å²) in [5.41, 5.74) is -2.02. The first-order valence-electron chi connectivity index (χ1n) is 10.7. The lowest BCUT2D eigenvalue weighted by Crippen LogP contribution is -2.53. The molecule has 1 saturated heterocycles. The van der Waals surface area contributed by atoms with E-state index in [1.54, 1.807) is 0 Å². The fourth-order valence-electron chi connectivity index (χ4n) is 3.92. The number of carbonyl (C=O) groups excluding carboxylic acids is 2. The number of esters is 2. The van der Waals surface area contributed by atoms with Gasteiger partial charge in [-0.25, -0.2) is 0 Å². The Hall–Kier alpha value is -0.923. The van der Waals surface area contributed by atoms with Crippen LogP contribution in [0.15, 0.2) is 0 Å². The highest BCUT2D eigenvalue weighted by atomic mass is 28.4. The molecule has 0 aromatic rings. The van der Waals surface area contributed by atoms with Gasteiger partial charge in [0.1, 0.15) is 0 Å². The Morgan fingerprint density at radius 2 is 1.59 bits per heavy atom. The standard InChI is InChI=1S/C22H42O6Si/c1-11-12-13-16-14-22(18(23)25-7,19(24)26-8)17(27-16)15-21(5,6)28-29(9,10)20(2,3)4/h16-17H,11-15H2,1-10H3/t16-,17+/m0/s1. The maximum atomic E-state index is 12.9. The van der Waals surface area contributed by atoms with E-state index in [4.69, 9.17) is 18.6 Å². The van der Waals surface area contributed by atoms with Gasteiger partial charge >= 0.3 is 11.9 Å². The molecule has 0 amide bonds. The number of carbonyl (C=O) groups is 2. The highest BCUT2D eigenvalue weighted by molar-refractivity contribution is 6.74. The molecule has 2 atom stereocenters. The fraction of sp³-hybridized carbons (Fsp3) is 0.909. The second-order valence-corrected chi connectivity index (χ2v) is 15.1. The topological polar surface area (TPSA) is 71.1 Å². The summed E-state index contributed by atoms with van der Waals surface area (Å²) in [6.45, 7) is 17.1. The summed E-state index contributed by atoms with van der Waals surface area (Å²) in [4.78, 5) is 25.7. The van der Waals surface area contributed by atoms with Gasteiger partial charge in [-0.05, 0) is 38.4 Å². The zero-order valence-corrected chi connectivity index (χ0v) is 21.1. The molecule has 29 heavy (non-hydrogen) atoms. The predicted octanol–water partition coefficient (Wildman–Crippen LogP) is 4.86. The smallest absolute Gasteiger partial charge is 0.326 e. The zero-order chi connectivity index (χ0) is 22.7. The zero-order valence-electron chi connectivity index (χ0n) is 20.1. The van der Waals surface area contributed by atoms with Crippen molar-refractivity contribution in [1.29, 1.82) is 0 Å². The molecule has 0 bridgehead atoms. The molecule has 7 heteroatoms. The van der Waals surface area contributed by atoms with Crippen molar-refractivity contribution in [2.24, 2.45) is 5.41 Å². The molecule has 1 fully saturated rings. The molecule has 0 N–H and O–H groups in total. The van der Waals surface area contributed by atoms with Crippen LogP contribution in [0, 0.1) is 5.41 Å². The van der Waals surface area contributed by atoms with Gasteiger partial charge in [0.15, 0.2) is 13.7 Å². The molecule has 170 valence electrons. The molecule has 0 radical (unpaired) electrons. The number of rotatable bonds is 9. The van der Waals surface area contributed by atoms with Gasteiger partial charge in [0, 0.05) is 12.8 Å². The number of unbranched alkanes of at least 4 members (excludes halogenated alkanes) is 1. The molecule has 0 aromatic heterocycles. The summed E-state index contributed by atoms with van der Waals surface area (Å²) in [5, 5.41) is 0.0479. The third kappa shape index (κ3) is 5.82. The van der Waals surface area contributed by atoms with E-state index in [2.05, 4.69) is 40.8 Å². The van der Waals surface area contributed by atoms with E-state index in [1.165, 1.54) is 14.2 Å². The van der Waals surface area contributed by atoms with Crippen LogP contribution >= 0.6 is 0 Å². The van der Waals surface area contributed by atoms with E-state index in [-0.39, 0.29) is 17.6 Å². The van der Waals surface area contributed by atoms with Gasteiger partial charge in [0.2, 0.25) is 0 Å². The molecule has 0 spiro atoms. The maximum absolute atomic E-state index is 12.9. The first-order valence-corrected chi connectivity index (χ1v) is 13.6. The minimum absolute atomic E-state index is 0.0479. The average molecular weight is 431 g/mol. The molecule has 0 aliphatic carbocycles. The minimum atomic E-state index is -2.06. The van der Waals surface area contributed by atoms with Crippen LogP contribution in [-0.4, -0.2) is 52.3 Å². The van der Waals surface area contributed by atoms with Crippen LogP contribution in [0.1, 0.15) is 73.6 Å². The molecule has 0 aromatic carbocycles. The number of hydrogen-bond donors (Lipinski definition) is 0. The van der Waals surface area contributed by atoms with Crippen molar-refractivity contribution < 1.29 is 28.2 Å². The van der Waals surface area contributed by atoms with Crippen LogP contribution in [0.25, 0.3) is 0 Å². The Morgan fingerprint density at radius 3 is 2.00 bits per heavy atom. The molecule has 6 nitrogen and oxygen atoms in total. The molecule has 0 unspecified atom stereocenters. The monoisotopic (exact) mass is 430 g/mol. The normalized spacial score (nSPS) is 22.4. The van der Waals surface area contributed by atoms with Gasteiger partial charge in [-0.3, -0.25) is 9.59 Å². The molecule has 1 heterocycles. The van der Waals surface area contributed by atoms with Crippen molar-refractivity contribution in [3.63, 3.8) is 0 Å². The fourth-order valence-corrected chi connectivity index (χ4v) is 5.69. The van der Waals surface area contributed by atoms with E-state index in [1.807, 2.05) is 13.8 Å². The van der Waals surface area contributed by atoms with Gasteiger partial charge in [-0.1, -0.05) is 40.5 Å². The number of hydrogen-bond acceptors (Lipinski definition) is 6. The molecule has 1 rings (SSSR count). The van der Waals surface area contributed by atoms with Crippen molar-refractivity contribution in [2.45, 2.75) is 110 Å². The van der Waals surface area contributed by atoms with E-state index in [9.17, 15) is 9.59 Å². The first-order chi connectivity index (χ1) is 13.2. The Labute approximate surface area is 178 Å². The minimum Gasteiger partial charge on any atom is -0.468 e. The second kappa shape index (κ2) is 9.48. The Balaban J connectivity index is 3.24. The van der Waals surface area contributed by atoms with Gasteiger partial charge in [0.25, 0.3) is 0 Å². The molecule has 1 aliphatic rings. The van der Waals surface area contributed by atoms with E-state index < -0.39 is 37.4 Å². The van der Waals surface area contributed by atoms with E-state index in [0.717, 1.165) is 19.3 Å². The van der Waals surface area contributed by atoms with Crippen LogP contribution in [-0.2, 0) is 28.2 Å². The number of methoxy groups -OCH3 is 2. The van der Waals surface area contributed by atoms with Crippen molar-refractivity contribution in [3.8, 4) is 0 Å². The summed E-state index contributed by atoms with van der Waals surface area (Å²) in [6, 6.07) is 0. The Kier molecular flexibility index (Phi) is 8.53. The summed E-state index contributed by atoms with van der Waals surface area (Å²) < 4.78 is 23.1. The highest BCUT2D eigenvalue weighted by Crippen LogP contribution is 2.47. The van der Waals surface area contributed by atoms with Gasteiger partial charge < -0.3 is 18.6 Å². The van der Waals surface area contributed by atoms with Crippen LogP contribution in [0.2, 0.25) is 18.1 Å². The molecule has 0 saturated carbocycles. The lowest BCUT2D eigenvalue weighted by atomic mass is 9.75. The second-order valence-electron chi connectivity index (χ2n) is 10.4. The van der Waals surface area contributed by atoms with Crippen molar-refractivity contribution in [1.82, 2.24) is 0 Å². The van der Waals surface area contributed by atoms with Gasteiger partial charge in [-0.2, -0.15) is 0 Å². The van der Waals surface area contributed by atoms with Crippen molar-refractivity contribution in [2.75, 3.05) is 14.2 Å². The summed E-state index contributed by atoms with van der Waals surface area (Å²) >= 11 is 0. The number of ether oxygens (including phenoxy) is 3. The summed E-state index contributed by atoms with van der Waals surface area (Å²) in [5.74, 6) is -1.17. The third-order valence-electron chi connectivity index (χ3n) is 6.45. The Morgan fingerprint density at radius 1 is 1.07 bits per heavy atom. The molecular formula is C22H42O6Si. The molecule has 1 aliphatic heterocycles. The molecular weight excluding hydrogens is 388 g/mol. The lowest BCUT2D eigenvalue weighted by molar-refractivity contribution is -0.175. The van der Waals surface area contributed by atoms with Crippen LogP contribution in [0.3, 0.4) is 0 Å². The third-order valence-corrected chi connectivity index (χ3v) is 11.1. The largest absolute Gasteiger partial charge is 0.468 e. The SMILES string of the molecule is CCCC[C@H]1CC(C(=O)OC)(C(=O)OC)[C@@H](CC(C)(C)O[Si](C)(C)C(C)(C)C)O1. The summed E-state index contributed by atoms with van der Waals surface area (Å²) in [6.07, 6.45) is 2.66. The Bertz CT molecular complexity index is 562. The van der Waals surface area contributed by atoms with Crippen LogP contribution in [0.4, 0.5) is 0 Å². The first kappa shape index (κ1) is 26.1. The highest BCUT2D eigenvalue weighted by Gasteiger charge is 2.62. The van der Waals surface area contributed by atoms with Crippen molar-refractivity contribution in [3.05, 3.63) is 0 Å². The van der Waals surface area contributed by atoms with E-state index >= 15 is 0 Å². The quantitative estimate of drug-likeness (QED) is 0.296. The summed E-state index contributed by atoms with van der Waals surface area (Å²) in [7, 11) is 0.557. The van der Waals surface area contributed by atoms with Gasteiger partial charge in [-0.15, -0.1) is 0 Å². The van der Waals surface area contributed by atoms with Crippen molar-refractivity contribution >= 4 is 20.3 Å². The van der Waals surface area contributed by atoms with Crippen LogP contribution < -0.4 is 0 Å². The maximum Gasteiger partial charge on any atom is 0.326 e. The lowest BCUT2D eigenvalue weighted by Gasteiger charge is -2.44. The van der Waals surface area contributed by atoms with Gasteiger partial charge in [0.05, 0.1) is 32.0 Å². The predicted molar refractivity (Wildman–Crippen MR) is 116 cm³/mol. The van der Waals surface area contributed by atoms with E-state index in [0.29, 0.717) is 6.42 Å².